The van der Waals surface area contributed by atoms with Gasteiger partial charge in [-0.25, -0.2) is 0 Å². The summed E-state index contributed by atoms with van der Waals surface area (Å²) in [5.74, 6) is 0.367. The van der Waals surface area contributed by atoms with Crippen molar-refractivity contribution >= 4 is 11.6 Å². The number of anilines is 1. The number of nitrogens with one attached hydrogen (secondary N) is 1. The maximum atomic E-state index is 12.5. The number of piperazine rings is 1. The number of nitrogens with zero attached hydrogens (tertiary/aromatic N) is 2. The molecule has 26 heavy (non-hydrogen) atoms. The molecule has 2 N–H and O–H groups in total. The monoisotopic (exact) mass is 353 g/mol. The number of carbonyl (C=O) groups excluding carboxylic acids is 1. The number of phenols is 1. The van der Waals surface area contributed by atoms with E-state index in [1.165, 1.54) is 5.56 Å². The molecule has 1 aliphatic rings. The molecule has 5 heteroatoms. The minimum Gasteiger partial charge on any atom is -0.506 e. The first kappa shape index (κ1) is 18.3. The summed E-state index contributed by atoms with van der Waals surface area (Å²) in [6.45, 7) is 7.77. The lowest BCUT2D eigenvalue weighted by Gasteiger charge is -2.38. The van der Waals surface area contributed by atoms with E-state index >= 15 is 0 Å². The van der Waals surface area contributed by atoms with Crippen molar-refractivity contribution in [3.63, 3.8) is 0 Å². The van der Waals surface area contributed by atoms with Crippen LogP contribution < -0.4 is 10.2 Å². The molecular formula is C21H27N3O2. The fourth-order valence-corrected chi connectivity index (χ4v) is 3.29. The minimum absolute atomic E-state index is 0.0570. The van der Waals surface area contributed by atoms with Gasteiger partial charge in [-0.1, -0.05) is 42.0 Å². The van der Waals surface area contributed by atoms with Crippen LogP contribution in [-0.4, -0.2) is 48.1 Å². The minimum atomic E-state index is -0.160. The molecule has 138 valence electrons. The van der Waals surface area contributed by atoms with E-state index in [1.54, 1.807) is 6.07 Å². The number of phenolic OH excluding ortho intramolecular Hbond substituents is 1. The highest BCUT2D eigenvalue weighted by Crippen LogP contribution is 2.27. The average molecular weight is 353 g/mol. The van der Waals surface area contributed by atoms with Gasteiger partial charge in [-0.3, -0.25) is 9.69 Å². The topological polar surface area (TPSA) is 55.8 Å². The van der Waals surface area contributed by atoms with Gasteiger partial charge in [0.15, 0.2) is 0 Å². The van der Waals surface area contributed by atoms with Gasteiger partial charge in [0, 0.05) is 32.7 Å². The van der Waals surface area contributed by atoms with Crippen LogP contribution in [0.2, 0.25) is 0 Å². The molecule has 2 aromatic carbocycles. The second-order valence-corrected chi connectivity index (χ2v) is 6.89. The number of benzene rings is 2. The van der Waals surface area contributed by atoms with Crippen LogP contribution in [0, 0.1) is 6.92 Å². The highest BCUT2D eigenvalue weighted by molar-refractivity contribution is 5.81. The Morgan fingerprint density at radius 3 is 2.38 bits per heavy atom. The van der Waals surface area contributed by atoms with Gasteiger partial charge in [-0.05, 0) is 31.5 Å². The molecule has 0 radical (unpaired) electrons. The SMILES string of the molecule is Cc1ccc(CNC(=O)C(C)N2CCN(c3ccccc3O)CC2)cc1. The Hall–Kier alpha value is -2.53. The molecule has 1 atom stereocenters. The molecule has 1 heterocycles. The van der Waals surface area contributed by atoms with Gasteiger partial charge in [0.25, 0.3) is 0 Å². The molecule has 0 saturated carbocycles. The zero-order valence-electron chi connectivity index (χ0n) is 15.5. The molecule has 0 bridgehead atoms. The van der Waals surface area contributed by atoms with Crippen LogP contribution in [0.3, 0.4) is 0 Å². The summed E-state index contributed by atoms with van der Waals surface area (Å²) in [7, 11) is 0. The van der Waals surface area contributed by atoms with E-state index < -0.39 is 0 Å². The molecule has 1 aliphatic heterocycles. The van der Waals surface area contributed by atoms with Crippen molar-refractivity contribution in [2.75, 3.05) is 31.1 Å². The highest BCUT2D eigenvalue weighted by Gasteiger charge is 2.26. The quantitative estimate of drug-likeness (QED) is 0.867. The van der Waals surface area contributed by atoms with Gasteiger partial charge in [0.2, 0.25) is 5.91 Å². The second kappa shape index (κ2) is 8.23. The van der Waals surface area contributed by atoms with Crippen LogP contribution >= 0.6 is 0 Å². The highest BCUT2D eigenvalue weighted by atomic mass is 16.3. The van der Waals surface area contributed by atoms with E-state index in [0.717, 1.165) is 37.4 Å². The second-order valence-electron chi connectivity index (χ2n) is 6.89. The Morgan fingerprint density at radius 1 is 1.08 bits per heavy atom. The Kier molecular flexibility index (Phi) is 5.78. The first-order chi connectivity index (χ1) is 12.5. The summed E-state index contributed by atoms with van der Waals surface area (Å²) >= 11 is 0. The zero-order valence-corrected chi connectivity index (χ0v) is 15.5. The lowest BCUT2D eigenvalue weighted by Crippen LogP contribution is -2.53. The van der Waals surface area contributed by atoms with E-state index in [1.807, 2.05) is 37.3 Å². The maximum absolute atomic E-state index is 12.5. The third-order valence-corrected chi connectivity index (χ3v) is 5.05. The molecule has 3 rings (SSSR count). The van der Waals surface area contributed by atoms with Gasteiger partial charge >= 0.3 is 0 Å². The van der Waals surface area contributed by atoms with Crippen LogP contribution in [0.5, 0.6) is 5.75 Å². The van der Waals surface area contributed by atoms with Crippen molar-refractivity contribution in [2.45, 2.75) is 26.4 Å². The van der Waals surface area contributed by atoms with Gasteiger partial charge in [0.05, 0.1) is 11.7 Å². The van der Waals surface area contributed by atoms with Crippen LogP contribution in [0.4, 0.5) is 5.69 Å². The number of amides is 1. The summed E-state index contributed by atoms with van der Waals surface area (Å²) < 4.78 is 0. The average Bonchev–Trinajstić information content (AvgIpc) is 2.67. The normalized spacial score (nSPS) is 16.3. The van der Waals surface area contributed by atoms with Crippen LogP contribution in [0.25, 0.3) is 0 Å². The first-order valence-corrected chi connectivity index (χ1v) is 9.15. The molecule has 1 fully saturated rings. The van der Waals surface area contributed by atoms with E-state index in [-0.39, 0.29) is 11.9 Å². The lowest BCUT2D eigenvalue weighted by atomic mass is 10.1. The zero-order chi connectivity index (χ0) is 18.5. The first-order valence-electron chi connectivity index (χ1n) is 9.15. The number of aryl methyl sites for hydroxylation is 1. The molecule has 1 amide bonds. The number of para-hydroxylation sites is 2. The molecule has 0 aliphatic carbocycles. The van der Waals surface area contributed by atoms with Gasteiger partial charge in [-0.2, -0.15) is 0 Å². The molecule has 1 saturated heterocycles. The number of carbonyl (C=O) groups is 1. The van der Waals surface area contributed by atoms with E-state index in [2.05, 4.69) is 34.2 Å². The Labute approximate surface area is 155 Å². The smallest absolute Gasteiger partial charge is 0.237 e. The summed E-state index contributed by atoms with van der Waals surface area (Å²) in [5.41, 5.74) is 3.19. The Morgan fingerprint density at radius 2 is 1.73 bits per heavy atom. The van der Waals surface area contributed by atoms with Crippen molar-refractivity contribution in [1.82, 2.24) is 10.2 Å². The van der Waals surface area contributed by atoms with Crippen molar-refractivity contribution in [2.24, 2.45) is 0 Å². The fraction of sp³-hybridized carbons (Fsp3) is 0.381. The third kappa shape index (κ3) is 4.35. The largest absolute Gasteiger partial charge is 0.506 e. The van der Waals surface area contributed by atoms with Gasteiger partial charge in [-0.15, -0.1) is 0 Å². The summed E-state index contributed by atoms with van der Waals surface area (Å²) in [6.07, 6.45) is 0. The summed E-state index contributed by atoms with van der Waals surface area (Å²) in [4.78, 5) is 16.8. The Bertz CT molecular complexity index is 737. The Balaban J connectivity index is 1.49. The standard InChI is InChI=1S/C21H27N3O2/c1-16-7-9-18(10-8-16)15-22-21(26)17(2)23-11-13-24(14-12-23)19-5-3-4-6-20(19)25/h3-10,17,25H,11-15H2,1-2H3,(H,22,26). The van der Waals surface area contributed by atoms with Gasteiger partial charge in [0.1, 0.15) is 5.75 Å². The van der Waals surface area contributed by atoms with E-state index in [0.29, 0.717) is 12.3 Å². The van der Waals surface area contributed by atoms with Crippen LogP contribution in [0.1, 0.15) is 18.1 Å². The van der Waals surface area contributed by atoms with E-state index in [9.17, 15) is 9.90 Å². The van der Waals surface area contributed by atoms with Crippen LogP contribution in [-0.2, 0) is 11.3 Å². The number of hydrogen-bond donors (Lipinski definition) is 2. The van der Waals surface area contributed by atoms with Crippen molar-refractivity contribution in [3.8, 4) is 5.75 Å². The predicted octanol–water partition coefficient (Wildman–Crippen LogP) is 2.53. The molecule has 0 aromatic heterocycles. The number of aromatic hydroxyl groups is 1. The molecular weight excluding hydrogens is 326 g/mol. The van der Waals surface area contributed by atoms with Crippen molar-refractivity contribution in [3.05, 3.63) is 59.7 Å². The third-order valence-electron chi connectivity index (χ3n) is 5.05. The maximum Gasteiger partial charge on any atom is 0.237 e. The van der Waals surface area contributed by atoms with Gasteiger partial charge < -0.3 is 15.3 Å². The molecule has 1 unspecified atom stereocenters. The summed E-state index contributed by atoms with van der Waals surface area (Å²) in [6, 6.07) is 15.5. The summed E-state index contributed by atoms with van der Waals surface area (Å²) in [5, 5.41) is 13.0. The van der Waals surface area contributed by atoms with Crippen molar-refractivity contribution < 1.29 is 9.90 Å². The van der Waals surface area contributed by atoms with E-state index in [4.69, 9.17) is 0 Å². The predicted molar refractivity (Wildman–Crippen MR) is 104 cm³/mol. The van der Waals surface area contributed by atoms with Crippen LogP contribution in [0.15, 0.2) is 48.5 Å². The molecule has 2 aromatic rings. The molecule has 5 nitrogen and oxygen atoms in total. The lowest BCUT2D eigenvalue weighted by molar-refractivity contribution is -0.126. The van der Waals surface area contributed by atoms with Crippen molar-refractivity contribution in [1.29, 1.82) is 0 Å². The molecule has 0 spiro atoms. The number of hydrogen-bond acceptors (Lipinski definition) is 4. The fourth-order valence-electron chi connectivity index (χ4n) is 3.29. The number of rotatable bonds is 5.